The monoisotopic (exact) mass is 295 g/mol. The summed E-state index contributed by atoms with van der Waals surface area (Å²) in [5, 5.41) is 13.4. The van der Waals surface area contributed by atoms with Crippen molar-refractivity contribution in [3.63, 3.8) is 0 Å². The molecule has 1 unspecified atom stereocenters. The van der Waals surface area contributed by atoms with Gasteiger partial charge in [0, 0.05) is 17.7 Å². The number of amides is 1. The maximum atomic E-state index is 11.9. The van der Waals surface area contributed by atoms with Crippen LogP contribution in [0.1, 0.15) is 23.6 Å². The maximum Gasteiger partial charge on any atom is 0.269 e. The minimum absolute atomic E-state index is 0.00564. The van der Waals surface area contributed by atoms with Gasteiger partial charge in [-0.3, -0.25) is 19.9 Å². The number of rotatable bonds is 3. The van der Waals surface area contributed by atoms with Crippen LogP contribution < -0.4 is 5.32 Å². The fraction of sp³-hybridized carbons (Fsp3) is 0.125. The number of benzene rings is 2. The number of nitrogens with one attached hydrogen (secondary N) is 1. The number of nitro benzene ring substituents is 1. The third kappa shape index (κ3) is 2.85. The molecule has 2 aromatic carbocycles. The maximum absolute atomic E-state index is 11.9. The molecule has 0 radical (unpaired) electrons. The summed E-state index contributed by atoms with van der Waals surface area (Å²) < 4.78 is 0. The SMILES string of the molecule is O=C1CC(c2ccccc2)N=C(c2ccc([N+](=O)[O-])cc2)N1. The second kappa shape index (κ2) is 5.77. The van der Waals surface area contributed by atoms with Crippen molar-refractivity contribution >= 4 is 17.4 Å². The zero-order valence-electron chi connectivity index (χ0n) is 11.6. The van der Waals surface area contributed by atoms with Crippen LogP contribution in [0.3, 0.4) is 0 Å². The van der Waals surface area contributed by atoms with Gasteiger partial charge in [-0.2, -0.15) is 0 Å². The quantitative estimate of drug-likeness (QED) is 0.697. The molecule has 0 saturated heterocycles. The highest BCUT2D eigenvalue weighted by Gasteiger charge is 2.23. The van der Waals surface area contributed by atoms with Gasteiger partial charge in [0.25, 0.3) is 5.69 Å². The molecule has 3 rings (SSSR count). The average molecular weight is 295 g/mol. The first kappa shape index (κ1) is 13.9. The Bertz CT molecular complexity index is 739. The van der Waals surface area contributed by atoms with E-state index in [0.29, 0.717) is 17.8 Å². The molecule has 0 aliphatic carbocycles. The van der Waals surface area contributed by atoms with Crippen LogP contribution in [-0.4, -0.2) is 16.7 Å². The predicted molar refractivity (Wildman–Crippen MR) is 81.6 cm³/mol. The highest BCUT2D eigenvalue weighted by Crippen LogP contribution is 2.25. The van der Waals surface area contributed by atoms with Crippen LogP contribution >= 0.6 is 0 Å². The number of hydrogen-bond donors (Lipinski definition) is 1. The summed E-state index contributed by atoms with van der Waals surface area (Å²) in [6, 6.07) is 15.3. The molecular formula is C16H13N3O3. The summed E-state index contributed by atoms with van der Waals surface area (Å²) in [4.78, 5) is 26.7. The van der Waals surface area contributed by atoms with Crippen molar-refractivity contribution in [1.29, 1.82) is 0 Å². The van der Waals surface area contributed by atoms with Crippen molar-refractivity contribution < 1.29 is 9.72 Å². The van der Waals surface area contributed by atoms with Crippen molar-refractivity contribution in [2.24, 2.45) is 4.99 Å². The van der Waals surface area contributed by atoms with Gasteiger partial charge >= 0.3 is 0 Å². The zero-order valence-corrected chi connectivity index (χ0v) is 11.6. The molecule has 1 amide bonds. The van der Waals surface area contributed by atoms with E-state index in [9.17, 15) is 14.9 Å². The van der Waals surface area contributed by atoms with Gasteiger partial charge in [0.05, 0.1) is 17.4 Å². The average Bonchev–Trinajstić information content (AvgIpc) is 2.55. The Morgan fingerprint density at radius 1 is 1.09 bits per heavy atom. The molecule has 1 heterocycles. The summed E-state index contributed by atoms with van der Waals surface area (Å²) in [7, 11) is 0. The van der Waals surface area contributed by atoms with Crippen LogP contribution in [0.4, 0.5) is 5.69 Å². The Balaban J connectivity index is 1.93. The van der Waals surface area contributed by atoms with Gasteiger partial charge < -0.3 is 5.32 Å². The second-order valence-corrected chi connectivity index (χ2v) is 4.96. The summed E-state index contributed by atoms with van der Waals surface area (Å²) in [6.45, 7) is 0. The van der Waals surface area contributed by atoms with E-state index < -0.39 is 4.92 Å². The van der Waals surface area contributed by atoms with E-state index in [1.165, 1.54) is 12.1 Å². The van der Waals surface area contributed by atoms with Gasteiger partial charge in [-0.15, -0.1) is 0 Å². The van der Waals surface area contributed by atoms with E-state index in [1.54, 1.807) is 12.1 Å². The molecule has 0 aromatic heterocycles. The Morgan fingerprint density at radius 2 is 1.77 bits per heavy atom. The first-order chi connectivity index (χ1) is 10.6. The number of hydrogen-bond acceptors (Lipinski definition) is 4. The standard InChI is InChI=1S/C16H13N3O3/c20-15-10-14(11-4-2-1-3-5-11)17-16(18-15)12-6-8-13(9-7-12)19(21)22/h1-9,14H,10H2,(H,17,18,20). The first-order valence-corrected chi connectivity index (χ1v) is 6.81. The third-order valence-corrected chi connectivity index (χ3v) is 3.46. The zero-order chi connectivity index (χ0) is 15.5. The lowest BCUT2D eigenvalue weighted by Crippen LogP contribution is -2.36. The van der Waals surface area contributed by atoms with Gasteiger partial charge in [-0.05, 0) is 17.7 Å². The molecule has 0 fully saturated rings. The van der Waals surface area contributed by atoms with E-state index in [-0.39, 0.29) is 17.6 Å². The largest absolute Gasteiger partial charge is 0.310 e. The molecule has 2 aromatic rings. The third-order valence-electron chi connectivity index (χ3n) is 3.46. The minimum Gasteiger partial charge on any atom is -0.310 e. The van der Waals surface area contributed by atoms with Crippen molar-refractivity contribution in [2.45, 2.75) is 12.5 Å². The van der Waals surface area contributed by atoms with Crippen LogP contribution in [0.25, 0.3) is 0 Å². The van der Waals surface area contributed by atoms with Crippen LogP contribution in [-0.2, 0) is 4.79 Å². The van der Waals surface area contributed by atoms with Gasteiger partial charge in [0.2, 0.25) is 5.91 Å². The van der Waals surface area contributed by atoms with Crippen molar-refractivity contribution in [1.82, 2.24) is 5.32 Å². The predicted octanol–water partition coefficient (Wildman–Crippen LogP) is 2.60. The molecule has 6 heteroatoms. The molecule has 1 aliphatic rings. The molecule has 1 atom stereocenters. The van der Waals surface area contributed by atoms with Crippen LogP contribution in [0.15, 0.2) is 59.6 Å². The van der Waals surface area contributed by atoms with E-state index in [2.05, 4.69) is 10.3 Å². The number of non-ortho nitro benzene ring substituents is 1. The van der Waals surface area contributed by atoms with Crippen molar-refractivity contribution in [3.05, 3.63) is 75.8 Å². The highest BCUT2D eigenvalue weighted by atomic mass is 16.6. The number of aliphatic imine (C=N–C) groups is 1. The fourth-order valence-corrected chi connectivity index (χ4v) is 2.35. The highest BCUT2D eigenvalue weighted by molar-refractivity contribution is 6.09. The summed E-state index contributed by atoms with van der Waals surface area (Å²) >= 11 is 0. The first-order valence-electron chi connectivity index (χ1n) is 6.81. The lowest BCUT2D eigenvalue weighted by atomic mass is 10.0. The number of amidine groups is 1. The summed E-state index contributed by atoms with van der Waals surface area (Å²) in [6.07, 6.45) is 0.292. The molecule has 110 valence electrons. The number of nitro groups is 1. The van der Waals surface area contributed by atoms with E-state index in [0.717, 1.165) is 5.56 Å². The Morgan fingerprint density at radius 3 is 2.41 bits per heavy atom. The topological polar surface area (TPSA) is 84.6 Å². The number of carbonyl (C=O) groups excluding carboxylic acids is 1. The van der Waals surface area contributed by atoms with E-state index in [1.807, 2.05) is 30.3 Å². The van der Waals surface area contributed by atoms with E-state index >= 15 is 0 Å². The van der Waals surface area contributed by atoms with Gasteiger partial charge in [0.15, 0.2) is 0 Å². The van der Waals surface area contributed by atoms with Crippen LogP contribution in [0.2, 0.25) is 0 Å². The second-order valence-electron chi connectivity index (χ2n) is 4.96. The molecule has 0 saturated carbocycles. The smallest absolute Gasteiger partial charge is 0.269 e. The fourth-order valence-electron chi connectivity index (χ4n) is 2.35. The number of carbonyl (C=O) groups is 1. The molecule has 0 bridgehead atoms. The van der Waals surface area contributed by atoms with Crippen molar-refractivity contribution in [3.8, 4) is 0 Å². The van der Waals surface area contributed by atoms with Gasteiger partial charge in [-0.1, -0.05) is 30.3 Å². The Labute approximate surface area is 126 Å². The van der Waals surface area contributed by atoms with Gasteiger partial charge in [0.1, 0.15) is 5.84 Å². The lowest BCUT2D eigenvalue weighted by molar-refractivity contribution is -0.384. The van der Waals surface area contributed by atoms with Crippen LogP contribution in [0.5, 0.6) is 0 Å². The molecule has 6 nitrogen and oxygen atoms in total. The van der Waals surface area contributed by atoms with Crippen molar-refractivity contribution in [2.75, 3.05) is 0 Å². The lowest BCUT2D eigenvalue weighted by Gasteiger charge is -2.21. The minimum atomic E-state index is -0.461. The van der Waals surface area contributed by atoms with Crippen LogP contribution in [0, 0.1) is 10.1 Å². The molecular weight excluding hydrogens is 282 g/mol. The number of nitrogens with zero attached hydrogens (tertiary/aromatic N) is 2. The molecule has 1 aliphatic heterocycles. The molecule has 0 spiro atoms. The molecule has 1 N–H and O–H groups in total. The summed E-state index contributed by atoms with van der Waals surface area (Å²) in [5.74, 6) is 0.331. The molecule has 22 heavy (non-hydrogen) atoms. The normalized spacial score (nSPS) is 17.5. The Hall–Kier alpha value is -3.02. The van der Waals surface area contributed by atoms with E-state index in [4.69, 9.17) is 0 Å². The summed E-state index contributed by atoms with van der Waals surface area (Å²) in [5.41, 5.74) is 1.63. The van der Waals surface area contributed by atoms with Gasteiger partial charge in [-0.25, -0.2) is 0 Å². The Kier molecular flexibility index (Phi) is 3.65.